The Labute approximate surface area is 90.8 Å². The third-order valence-electron chi connectivity index (χ3n) is 1.91. The summed E-state index contributed by atoms with van der Waals surface area (Å²) in [5, 5.41) is 15.9. The van der Waals surface area contributed by atoms with Gasteiger partial charge in [-0.2, -0.15) is 10.5 Å². The average Bonchev–Trinajstić information content (AvgIpc) is 2.18. The van der Waals surface area contributed by atoms with Crippen LogP contribution in [0.15, 0.2) is 0 Å². The van der Waals surface area contributed by atoms with Crippen LogP contribution in [0.1, 0.15) is 32.6 Å². The van der Waals surface area contributed by atoms with Crippen LogP contribution in [0.25, 0.3) is 0 Å². The van der Waals surface area contributed by atoms with Crippen molar-refractivity contribution in [2.45, 2.75) is 37.9 Å². The van der Waals surface area contributed by atoms with Gasteiger partial charge in [0.05, 0.1) is 12.1 Å². The zero-order chi connectivity index (χ0) is 11.7. The highest BCUT2D eigenvalue weighted by atomic mass is 32.2. The lowest BCUT2D eigenvalue weighted by Crippen LogP contribution is -2.33. The molecule has 0 aliphatic rings. The third-order valence-corrected chi connectivity index (χ3v) is 3.70. The smallest absolute Gasteiger partial charge is 0.214 e. The van der Waals surface area contributed by atoms with E-state index < -0.39 is 15.3 Å². The largest absolute Gasteiger partial charge is 0.227 e. The van der Waals surface area contributed by atoms with Crippen LogP contribution in [-0.2, 0) is 10.0 Å². The first kappa shape index (κ1) is 13.9. The number of hydrogen-bond acceptors (Lipinski definition) is 4. The lowest BCUT2D eigenvalue weighted by Gasteiger charge is -2.09. The van der Waals surface area contributed by atoms with Gasteiger partial charge < -0.3 is 0 Å². The van der Waals surface area contributed by atoms with Crippen molar-refractivity contribution in [2.75, 3.05) is 6.54 Å². The van der Waals surface area contributed by atoms with Gasteiger partial charge in [-0.3, -0.25) is 0 Å². The van der Waals surface area contributed by atoms with Crippen LogP contribution in [-0.4, -0.2) is 20.2 Å². The van der Waals surface area contributed by atoms with Crippen molar-refractivity contribution < 1.29 is 8.42 Å². The van der Waals surface area contributed by atoms with Crippen molar-refractivity contribution in [1.29, 1.82) is 10.5 Å². The van der Waals surface area contributed by atoms with Crippen LogP contribution in [0.4, 0.5) is 0 Å². The molecule has 0 fully saturated rings. The third kappa shape index (κ3) is 5.36. The number of nitriles is 2. The SMILES string of the molecule is CCC(C#N)S(=O)(=O)NCCCCC#N. The molecule has 1 N–H and O–H groups in total. The van der Waals surface area contributed by atoms with Gasteiger partial charge in [0.2, 0.25) is 10.0 Å². The summed E-state index contributed by atoms with van der Waals surface area (Å²) in [6.07, 6.45) is 2.00. The zero-order valence-corrected chi connectivity index (χ0v) is 9.55. The van der Waals surface area contributed by atoms with E-state index in [-0.39, 0.29) is 6.42 Å². The van der Waals surface area contributed by atoms with Gasteiger partial charge in [-0.25, -0.2) is 13.1 Å². The van der Waals surface area contributed by atoms with E-state index in [4.69, 9.17) is 10.5 Å². The molecule has 0 rings (SSSR count). The van der Waals surface area contributed by atoms with Crippen LogP contribution in [0, 0.1) is 22.7 Å². The molecule has 1 unspecified atom stereocenters. The molecule has 0 heterocycles. The quantitative estimate of drug-likeness (QED) is 0.656. The minimum atomic E-state index is -3.50. The molecule has 0 aromatic heterocycles. The molecule has 15 heavy (non-hydrogen) atoms. The highest BCUT2D eigenvalue weighted by Gasteiger charge is 2.22. The summed E-state index contributed by atoms with van der Waals surface area (Å²) in [5.41, 5.74) is 0. The average molecular weight is 229 g/mol. The second kappa shape index (κ2) is 7.22. The topological polar surface area (TPSA) is 93.8 Å². The molecule has 0 aromatic rings. The van der Waals surface area contributed by atoms with Gasteiger partial charge in [0.15, 0.2) is 5.25 Å². The molecule has 5 nitrogen and oxygen atoms in total. The van der Waals surface area contributed by atoms with Crippen molar-refractivity contribution in [1.82, 2.24) is 4.72 Å². The first-order chi connectivity index (χ1) is 7.08. The summed E-state index contributed by atoms with van der Waals surface area (Å²) >= 11 is 0. The summed E-state index contributed by atoms with van der Waals surface area (Å²) in [6, 6.07) is 3.72. The lowest BCUT2D eigenvalue weighted by molar-refractivity contribution is 0.568. The Kier molecular flexibility index (Phi) is 6.68. The molecule has 0 radical (unpaired) electrons. The molecule has 0 bridgehead atoms. The van der Waals surface area contributed by atoms with Crippen molar-refractivity contribution in [3.8, 4) is 12.1 Å². The Morgan fingerprint density at radius 1 is 1.33 bits per heavy atom. The van der Waals surface area contributed by atoms with Crippen molar-refractivity contribution in [3.05, 3.63) is 0 Å². The summed E-state index contributed by atoms with van der Waals surface area (Å²) in [4.78, 5) is 0. The number of hydrogen-bond donors (Lipinski definition) is 1. The van der Waals surface area contributed by atoms with Gasteiger partial charge in [-0.1, -0.05) is 6.92 Å². The van der Waals surface area contributed by atoms with Crippen LogP contribution < -0.4 is 4.72 Å². The molecule has 0 saturated heterocycles. The second-order valence-corrected chi connectivity index (χ2v) is 5.03. The predicted octanol–water partition coefficient (Wildman–Crippen LogP) is 0.902. The van der Waals surface area contributed by atoms with Crippen molar-refractivity contribution in [3.63, 3.8) is 0 Å². The van der Waals surface area contributed by atoms with Crippen LogP contribution >= 0.6 is 0 Å². The summed E-state index contributed by atoms with van der Waals surface area (Å²) in [7, 11) is -3.50. The molecular weight excluding hydrogens is 214 g/mol. The number of rotatable bonds is 7. The molecule has 0 aliphatic carbocycles. The molecular formula is C9H15N3O2S. The predicted molar refractivity (Wildman–Crippen MR) is 56.1 cm³/mol. The highest BCUT2D eigenvalue weighted by molar-refractivity contribution is 7.90. The van der Waals surface area contributed by atoms with Gasteiger partial charge in [0.1, 0.15) is 0 Å². The lowest BCUT2D eigenvalue weighted by atomic mass is 10.2. The molecule has 0 aliphatic heterocycles. The maximum Gasteiger partial charge on any atom is 0.227 e. The monoisotopic (exact) mass is 229 g/mol. The van der Waals surface area contributed by atoms with E-state index in [0.717, 1.165) is 0 Å². The maximum atomic E-state index is 11.4. The van der Waals surface area contributed by atoms with Crippen molar-refractivity contribution >= 4 is 10.0 Å². The normalized spacial score (nSPS) is 12.7. The maximum absolute atomic E-state index is 11.4. The van der Waals surface area contributed by atoms with E-state index in [9.17, 15) is 8.42 Å². The van der Waals surface area contributed by atoms with Gasteiger partial charge in [0.25, 0.3) is 0 Å². The highest BCUT2D eigenvalue weighted by Crippen LogP contribution is 2.03. The fourth-order valence-electron chi connectivity index (χ4n) is 1.02. The number of nitrogens with zero attached hydrogens (tertiary/aromatic N) is 2. The van der Waals surface area contributed by atoms with E-state index in [0.29, 0.717) is 25.8 Å². The van der Waals surface area contributed by atoms with E-state index in [1.165, 1.54) is 0 Å². The first-order valence-corrected chi connectivity index (χ1v) is 6.38. The first-order valence-electron chi connectivity index (χ1n) is 4.83. The van der Waals surface area contributed by atoms with Crippen LogP contribution in [0.2, 0.25) is 0 Å². The molecule has 0 amide bonds. The fraction of sp³-hybridized carbons (Fsp3) is 0.778. The minimum Gasteiger partial charge on any atom is -0.214 e. The van der Waals surface area contributed by atoms with E-state index in [2.05, 4.69) is 4.72 Å². The van der Waals surface area contributed by atoms with E-state index in [1.54, 1.807) is 13.0 Å². The standard InChI is InChI=1S/C9H15N3O2S/c1-2-9(8-11)15(13,14)12-7-5-3-4-6-10/h9,12H,2-5,7H2,1H3. The Balaban J connectivity index is 3.97. The zero-order valence-electron chi connectivity index (χ0n) is 8.73. The minimum absolute atomic E-state index is 0.282. The molecule has 84 valence electrons. The van der Waals surface area contributed by atoms with Gasteiger partial charge >= 0.3 is 0 Å². The number of sulfonamides is 1. The van der Waals surface area contributed by atoms with E-state index >= 15 is 0 Å². The molecule has 0 saturated carbocycles. The summed E-state index contributed by atoms with van der Waals surface area (Å²) < 4.78 is 25.2. The van der Waals surface area contributed by atoms with Gasteiger partial charge in [0, 0.05) is 13.0 Å². The Hall–Kier alpha value is -1.11. The Bertz CT molecular complexity index is 351. The fourth-order valence-corrected chi connectivity index (χ4v) is 2.23. The second-order valence-electron chi connectivity index (χ2n) is 3.08. The summed E-state index contributed by atoms with van der Waals surface area (Å²) in [6.45, 7) is 1.95. The van der Waals surface area contributed by atoms with Crippen LogP contribution in [0.3, 0.4) is 0 Å². The Morgan fingerprint density at radius 3 is 2.47 bits per heavy atom. The van der Waals surface area contributed by atoms with Crippen molar-refractivity contribution in [2.24, 2.45) is 0 Å². The molecule has 0 spiro atoms. The number of unbranched alkanes of at least 4 members (excludes halogenated alkanes) is 2. The van der Waals surface area contributed by atoms with Gasteiger partial charge in [-0.05, 0) is 19.3 Å². The Morgan fingerprint density at radius 2 is 2.00 bits per heavy atom. The molecule has 1 atom stereocenters. The number of nitrogens with one attached hydrogen (secondary N) is 1. The van der Waals surface area contributed by atoms with Gasteiger partial charge in [-0.15, -0.1) is 0 Å². The van der Waals surface area contributed by atoms with Crippen LogP contribution in [0.5, 0.6) is 0 Å². The molecule has 6 heteroatoms. The summed E-state index contributed by atoms with van der Waals surface area (Å²) in [5.74, 6) is 0. The van der Waals surface area contributed by atoms with E-state index in [1.807, 2.05) is 6.07 Å². The molecule has 0 aromatic carbocycles.